The summed E-state index contributed by atoms with van der Waals surface area (Å²) < 4.78 is 0.208. The van der Waals surface area contributed by atoms with Crippen molar-refractivity contribution in [2.45, 2.75) is 44.5 Å². The maximum atomic E-state index is 11.6. The fourth-order valence-electron chi connectivity index (χ4n) is 0.676. The molecule has 0 amide bonds. The molecule has 0 saturated carbocycles. The molecule has 13 heavy (non-hydrogen) atoms. The van der Waals surface area contributed by atoms with E-state index in [1.165, 1.54) is 0 Å². The Labute approximate surface area is 83.4 Å². The van der Waals surface area contributed by atoms with Crippen molar-refractivity contribution in [3.8, 4) is 0 Å². The van der Waals surface area contributed by atoms with Gasteiger partial charge in [-0.3, -0.25) is 0 Å². The number of carbonyl (C=O) groups is 2. The minimum absolute atomic E-state index is 0.0676. The summed E-state index contributed by atoms with van der Waals surface area (Å²) in [6, 6.07) is 0. The fraction of sp³-hybridized carbons (Fsp3) is 0.800. The summed E-state index contributed by atoms with van der Waals surface area (Å²) in [4.78, 5) is 23.1. The summed E-state index contributed by atoms with van der Waals surface area (Å²) in [7, 11) is 0. The van der Waals surface area contributed by atoms with E-state index < -0.39 is 13.3 Å². The Morgan fingerprint density at radius 3 is 1.69 bits per heavy atom. The summed E-state index contributed by atoms with van der Waals surface area (Å²) in [5, 5.41) is 0. The Morgan fingerprint density at radius 1 is 1.08 bits per heavy atom. The van der Waals surface area contributed by atoms with Crippen molar-refractivity contribution in [1.29, 1.82) is 0 Å². The Hall–Kier alpha value is -0.117. The molecule has 0 rings (SSSR count). The van der Waals surface area contributed by atoms with E-state index in [0.29, 0.717) is 0 Å². The van der Waals surface area contributed by atoms with E-state index in [2.05, 4.69) is 0 Å². The van der Waals surface area contributed by atoms with Gasteiger partial charge in [0.2, 0.25) is 0 Å². The summed E-state index contributed by atoms with van der Waals surface area (Å²) in [6.45, 7) is 5.58. The number of Topliss-reactive ketones (excluding diaryl/α,β-unsaturated/α-hetero) is 1. The summed E-state index contributed by atoms with van der Waals surface area (Å²) in [5.74, 6) is 6.15. The molecule has 0 aromatic rings. The summed E-state index contributed by atoms with van der Waals surface area (Å²) in [6.07, 6.45) is 0.146. The van der Waals surface area contributed by atoms with Gasteiger partial charge in [0.15, 0.2) is 0 Å². The van der Waals surface area contributed by atoms with Crippen LogP contribution in [0.5, 0.6) is 0 Å². The predicted octanol–water partition coefficient (Wildman–Crippen LogP) is 2.44. The average molecular weight is 245 g/mol. The van der Waals surface area contributed by atoms with Gasteiger partial charge in [-0.05, 0) is 0 Å². The molecule has 0 aliphatic heterocycles. The Kier molecular flexibility index (Phi) is 3.91. The molecule has 0 bridgehead atoms. The van der Waals surface area contributed by atoms with E-state index in [4.69, 9.17) is 0 Å². The Morgan fingerprint density at radius 2 is 1.46 bits per heavy atom. The van der Waals surface area contributed by atoms with Gasteiger partial charge < -0.3 is 0 Å². The van der Waals surface area contributed by atoms with Gasteiger partial charge in [0, 0.05) is 0 Å². The van der Waals surface area contributed by atoms with Crippen LogP contribution in [-0.4, -0.2) is 23.7 Å². The molecule has 76 valence electrons. The van der Waals surface area contributed by atoms with E-state index in [1.807, 2.05) is 38.0 Å². The van der Waals surface area contributed by atoms with Crippen molar-refractivity contribution < 1.29 is 9.59 Å². The molecule has 0 saturated heterocycles. The maximum absolute atomic E-state index is 11.6. The van der Waals surface area contributed by atoms with Crippen LogP contribution < -0.4 is 0 Å². The second-order valence-corrected chi connectivity index (χ2v) is 16.1. The molecule has 0 aliphatic rings. The molecule has 0 aromatic carbocycles. The number of ketones is 1. The third-order valence-corrected chi connectivity index (χ3v) is 5.88. The fourth-order valence-corrected chi connectivity index (χ4v) is 2.13. The molecule has 0 unspecified atom stereocenters. The van der Waals surface area contributed by atoms with Crippen LogP contribution in [0.25, 0.3) is 0 Å². The minimum atomic E-state index is -2.24. The van der Waals surface area contributed by atoms with Gasteiger partial charge in [0.1, 0.15) is 0 Å². The third-order valence-electron chi connectivity index (χ3n) is 1.99. The Balaban J connectivity index is 4.34. The monoisotopic (exact) mass is 246 g/mol. The van der Waals surface area contributed by atoms with Crippen LogP contribution in [0.1, 0.15) is 27.2 Å². The molecular weight excluding hydrogens is 225 g/mol. The molecule has 0 atom stereocenters. The van der Waals surface area contributed by atoms with Crippen LogP contribution in [0.3, 0.4) is 0 Å². The number of hydrogen-bond acceptors (Lipinski definition) is 2. The van der Waals surface area contributed by atoms with Crippen molar-refractivity contribution in [3.05, 3.63) is 0 Å². The van der Waals surface area contributed by atoms with E-state index in [9.17, 15) is 9.59 Å². The van der Waals surface area contributed by atoms with Gasteiger partial charge in [-0.15, -0.1) is 0 Å². The topological polar surface area (TPSA) is 34.1 Å². The van der Waals surface area contributed by atoms with Gasteiger partial charge in [0.25, 0.3) is 0 Å². The zero-order valence-electron chi connectivity index (χ0n) is 9.52. The van der Waals surface area contributed by atoms with E-state index in [0.717, 1.165) is 0 Å². The van der Waals surface area contributed by atoms with Crippen LogP contribution in [0.4, 0.5) is 0 Å². The van der Waals surface area contributed by atoms with Crippen molar-refractivity contribution in [1.82, 2.24) is 0 Å². The molecule has 0 fully saturated rings. The molecule has 2 nitrogen and oxygen atoms in total. The van der Waals surface area contributed by atoms with Crippen LogP contribution in [0.2, 0.25) is 17.3 Å². The first-order chi connectivity index (χ1) is 5.55. The molecule has 0 radical (unpaired) electrons. The molecular formula is C10H20GeO2. The quantitative estimate of drug-likeness (QED) is 0.565. The van der Waals surface area contributed by atoms with Crippen molar-refractivity contribution in [3.63, 3.8) is 0 Å². The van der Waals surface area contributed by atoms with Crippen LogP contribution in [0, 0.1) is 5.41 Å². The van der Waals surface area contributed by atoms with E-state index >= 15 is 0 Å². The van der Waals surface area contributed by atoms with E-state index in [-0.39, 0.29) is 22.2 Å². The van der Waals surface area contributed by atoms with Crippen molar-refractivity contribution >= 4 is 23.7 Å². The van der Waals surface area contributed by atoms with Gasteiger partial charge >= 0.3 is 83.1 Å². The molecule has 0 aliphatic carbocycles. The zero-order valence-corrected chi connectivity index (χ0v) is 11.6. The van der Waals surface area contributed by atoms with Gasteiger partial charge in [-0.2, -0.15) is 0 Å². The second kappa shape index (κ2) is 3.95. The van der Waals surface area contributed by atoms with Crippen molar-refractivity contribution in [2.75, 3.05) is 0 Å². The predicted molar refractivity (Wildman–Crippen MR) is 57.4 cm³/mol. The van der Waals surface area contributed by atoms with Gasteiger partial charge in [-0.1, -0.05) is 0 Å². The standard InChI is InChI=1S/C10H20GeO2/c1-10(2,3)8(12)7-9(13)11(4,5)6/h7H2,1-6H3. The van der Waals surface area contributed by atoms with Crippen LogP contribution in [-0.2, 0) is 9.59 Å². The van der Waals surface area contributed by atoms with E-state index in [1.54, 1.807) is 0 Å². The first-order valence-corrected chi connectivity index (χ1v) is 12.0. The molecule has 0 aromatic heterocycles. The summed E-state index contributed by atoms with van der Waals surface area (Å²) >= 11 is -2.24. The first-order valence-electron chi connectivity index (χ1n) is 4.62. The molecule has 0 heterocycles. The van der Waals surface area contributed by atoms with Gasteiger partial charge in [-0.25, -0.2) is 0 Å². The number of hydrogen-bond donors (Lipinski definition) is 0. The molecule has 3 heteroatoms. The molecule has 0 spiro atoms. The number of carbonyl (C=O) groups excluding carboxylic acids is 2. The average Bonchev–Trinajstić information content (AvgIpc) is 1.82. The number of rotatable bonds is 3. The zero-order chi connectivity index (χ0) is 10.9. The normalized spacial score (nSPS) is 12.8. The second-order valence-electron chi connectivity index (χ2n) is 5.52. The summed E-state index contributed by atoms with van der Waals surface area (Å²) in [5.41, 5.74) is -0.372. The third kappa shape index (κ3) is 4.60. The van der Waals surface area contributed by atoms with Crippen molar-refractivity contribution in [2.24, 2.45) is 5.41 Å². The van der Waals surface area contributed by atoms with Crippen LogP contribution in [0.15, 0.2) is 0 Å². The SMILES string of the molecule is CC(C)(C)C(=O)C[C](=O)[Ge]([CH3])([CH3])[CH3]. The first kappa shape index (κ1) is 12.9. The molecule has 0 N–H and O–H groups in total. The van der Waals surface area contributed by atoms with Gasteiger partial charge in [0.05, 0.1) is 0 Å². The van der Waals surface area contributed by atoms with Crippen LogP contribution >= 0.6 is 0 Å². The Bertz CT molecular complexity index is 194.